The van der Waals surface area contributed by atoms with Crippen LogP contribution in [0.15, 0.2) is 16.9 Å². The van der Waals surface area contributed by atoms with Gasteiger partial charge < -0.3 is 5.73 Å². The lowest BCUT2D eigenvalue weighted by Crippen LogP contribution is -2.30. The average Bonchev–Trinajstić information content (AvgIpc) is 2.26. The number of rotatable bonds is 0. The van der Waals surface area contributed by atoms with Crippen molar-refractivity contribution in [3.05, 3.63) is 34.1 Å². The van der Waals surface area contributed by atoms with Gasteiger partial charge in [0.25, 0.3) is 5.56 Å². The zero-order valence-electron chi connectivity index (χ0n) is 10.9. The molecule has 0 aliphatic carbocycles. The molecule has 0 amide bonds. The molecule has 2 aromatic rings. The van der Waals surface area contributed by atoms with Crippen molar-refractivity contribution in [2.45, 2.75) is 26.2 Å². The first-order chi connectivity index (χ1) is 8.23. The van der Waals surface area contributed by atoms with E-state index in [4.69, 9.17) is 5.73 Å². The number of hydrogen-bond acceptors (Lipinski definition) is 3. The van der Waals surface area contributed by atoms with Gasteiger partial charge in [0.05, 0.1) is 11.2 Å². The van der Waals surface area contributed by atoms with Crippen LogP contribution in [0.25, 0.3) is 10.9 Å². The van der Waals surface area contributed by atoms with Crippen LogP contribution in [0, 0.1) is 5.82 Å². The molecule has 2 rings (SSSR count). The Morgan fingerprint density at radius 3 is 2.50 bits per heavy atom. The van der Waals surface area contributed by atoms with E-state index in [1.54, 1.807) is 13.1 Å². The molecule has 4 nitrogen and oxygen atoms in total. The highest BCUT2D eigenvalue weighted by Gasteiger charge is 2.22. The molecule has 0 aliphatic rings. The average molecular weight is 249 g/mol. The van der Waals surface area contributed by atoms with Crippen LogP contribution >= 0.6 is 0 Å². The van der Waals surface area contributed by atoms with E-state index in [0.29, 0.717) is 11.3 Å². The van der Waals surface area contributed by atoms with Crippen LogP contribution in [0.1, 0.15) is 26.6 Å². The SMILES string of the molecule is Cn1c(C(C)(C)C)nc2ccc(N)c(F)c2c1=O. The van der Waals surface area contributed by atoms with Crippen molar-refractivity contribution in [3.8, 4) is 0 Å². The quantitative estimate of drug-likeness (QED) is 0.726. The van der Waals surface area contributed by atoms with Gasteiger partial charge in [-0.2, -0.15) is 0 Å². The van der Waals surface area contributed by atoms with E-state index in [1.807, 2.05) is 20.8 Å². The molecule has 1 heterocycles. The first-order valence-electron chi connectivity index (χ1n) is 5.68. The summed E-state index contributed by atoms with van der Waals surface area (Å²) >= 11 is 0. The number of aromatic nitrogens is 2. The maximum absolute atomic E-state index is 13.9. The minimum atomic E-state index is -0.693. The summed E-state index contributed by atoms with van der Waals surface area (Å²) in [4.78, 5) is 16.6. The Labute approximate surface area is 104 Å². The Kier molecular flexibility index (Phi) is 2.65. The second kappa shape index (κ2) is 3.80. The molecule has 0 atom stereocenters. The van der Waals surface area contributed by atoms with Crippen molar-refractivity contribution in [1.82, 2.24) is 9.55 Å². The lowest BCUT2D eigenvalue weighted by Gasteiger charge is -2.21. The predicted molar refractivity (Wildman–Crippen MR) is 70.1 cm³/mol. The fourth-order valence-electron chi connectivity index (χ4n) is 2.00. The Balaban J connectivity index is 2.97. The van der Waals surface area contributed by atoms with Crippen LogP contribution in [0.2, 0.25) is 0 Å². The molecule has 18 heavy (non-hydrogen) atoms. The number of nitrogens with two attached hydrogens (primary N) is 1. The summed E-state index contributed by atoms with van der Waals surface area (Å²) in [6.45, 7) is 5.86. The van der Waals surface area contributed by atoms with Gasteiger partial charge in [0.1, 0.15) is 11.2 Å². The van der Waals surface area contributed by atoms with Crippen molar-refractivity contribution in [1.29, 1.82) is 0 Å². The van der Waals surface area contributed by atoms with E-state index < -0.39 is 11.4 Å². The fraction of sp³-hybridized carbons (Fsp3) is 0.385. The monoisotopic (exact) mass is 249 g/mol. The Hall–Kier alpha value is -1.91. The van der Waals surface area contributed by atoms with Gasteiger partial charge in [0, 0.05) is 12.5 Å². The second-order valence-corrected chi connectivity index (χ2v) is 5.41. The lowest BCUT2D eigenvalue weighted by molar-refractivity contribution is 0.508. The van der Waals surface area contributed by atoms with Crippen molar-refractivity contribution in [2.24, 2.45) is 7.05 Å². The molecule has 0 bridgehead atoms. The van der Waals surface area contributed by atoms with Crippen LogP contribution in [0.3, 0.4) is 0 Å². The number of benzene rings is 1. The summed E-state index contributed by atoms with van der Waals surface area (Å²) in [5, 5.41) is -0.0505. The van der Waals surface area contributed by atoms with Crippen molar-refractivity contribution >= 4 is 16.6 Å². The molecule has 0 saturated carbocycles. The zero-order chi connectivity index (χ0) is 13.7. The molecular weight excluding hydrogens is 233 g/mol. The van der Waals surface area contributed by atoms with Crippen LogP contribution in [0.5, 0.6) is 0 Å². The summed E-state index contributed by atoms with van der Waals surface area (Å²) in [6.07, 6.45) is 0. The third kappa shape index (κ3) is 1.75. The normalized spacial score (nSPS) is 12.1. The van der Waals surface area contributed by atoms with Gasteiger partial charge in [0.2, 0.25) is 0 Å². The minimum absolute atomic E-state index is 0.0371. The van der Waals surface area contributed by atoms with Gasteiger partial charge in [-0.15, -0.1) is 0 Å². The van der Waals surface area contributed by atoms with Crippen LogP contribution < -0.4 is 11.3 Å². The molecule has 1 aromatic carbocycles. The van der Waals surface area contributed by atoms with Crippen LogP contribution in [0.4, 0.5) is 10.1 Å². The van der Waals surface area contributed by atoms with E-state index in [0.717, 1.165) is 0 Å². The Morgan fingerprint density at radius 2 is 1.94 bits per heavy atom. The van der Waals surface area contributed by atoms with Crippen LogP contribution in [-0.4, -0.2) is 9.55 Å². The first-order valence-corrected chi connectivity index (χ1v) is 5.68. The van der Waals surface area contributed by atoms with Gasteiger partial charge in [-0.25, -0.2) is 9.37 Å². The maximum Gasteiger partial charge on any atom is 0.264 e. The van der Waals surface area contributed by atoms with Gasteiger partial charge in [-0.1, -0.05) is 20.8 Å². The first kappa shape index (κ1) is 12.5. The second-order valence-electron chi connectivity index (χ2n) is 5.41. The molecule has 0 aliphatic heterocycles. The molecule has 0 spiro atoms. The molecule has 2 N–H and O–H groups in total. The topological polar surface area (TPSA) is 60.9 Å². The van der Waals surface area contributed by atoms with E-state index in [2.05, 4.69) is 4.98 Å². The summed E-state index contributed by atoms with van der Waals surface area (Å²) in [6, 6.07) is 3.00. The number of fused-ring (bicyclic) bond motifs is 1. The fourth-order valence-corrected chi connectivity index (χ4v) is 2.00. The van der Waals surface area contributed by atoms with Gasteiger partial charge in [0.15, 0.2) is 5.82 Å². The van der Waals surface area contributed by atoms with E-state index >= 15 is 0 Å². The summed E-state index contributed by atoms with van der Waals surface area (Å²) in [5.74, 6) is -0.0785. The standard InChI is InChI=1S/C13H16FN3O/c1-13(2,3)12-16-8-6-5-7(15)10(14)9(8)11(18)17(12)4/h5-6H,15H2,1-4H3. The third-order valence-corrected chi connectivity index (χ3v) is 2.88. The van der Waals surface area contributed by atoms with Gasteiger partial charge in [-0.05, 0) is 12.1 Å². The number of halogens is 1. The molecule has 1 aromatic heterocycles. The highest BCUT2D eigenvalue weighted by Crippen LogP contribution is 2.23. The minimum Gasteiger partial charge on any atom is -0.396 e. The van der Waals surface area contributed by atoms with E-state index in [-0.39, 0.29) is 16.5 Å². The summed E-state index contributed by atoms with van der Waals surface area (Å²) < 4.78 is 15.3. The highest BCUT2D eigenvalue weighted by atomic mass is 19.1. The summed E-state index contributed by atoms with van der Waals surface area (Å²) in [7, 11) is 1.60. The smallest absolute Gasteiger partial charge is 0.264 e. The number of anilines is 1. The van der Waals surface area contributed by atoms with Crippen LogP contribution in [-0.2, 0) is 12.5 Å². The number of nitrogen functional groups attached to an aromatic ring is 1. The van der Waals surface area contributed by atoms with Gasteiger partial charge >= 0.3 is 0 Å². The van der Waals surface area contributed by atoms with Crippen molar-refractivity contribution in [2.75, 3.05) is 5.73 Å². The molecule has 0 saturated heterocycles. The van der Waals surface area contributed by atoms with Gasteiger partial charge in [-0.3, -0.25) is 9.36 Å². The molecule has 96 valence electrons. The number of nitrogens with zero attached hydrogens (tertiary/aromatic N) is 2. The molecule has 0 radical (unpaired) electrons. The largest absolute Gasteiger partial charge is 0.396 e. The molecule has 5 heteroatoms. The maximum atomic E-state index is 13.9. The van der Waals surface area contributed by atoms with Crippen molar-refractivity contribution < 1.29 is 4.39 Å². The third-order valence-electron chi connectivity index (χ3n) is 2.88. The molecule has 0 unspecified atom stereocenters. The lowest BCUT2D eigenvalue weighted by atomic mass is 9.95. The zero-order valence-corrected chi connectivity index (χ0v) is 10.9. The van der Waals surface area contributed by atoms with Crippen molar-refractivity contribution in [3.63, 3.8) is 0 Å². The Bertz CT molecular complexity index is 683. The molecular formula is C13H16FN3O. The number of hydrogen-bond donors (Lipinski definition) is 1. The molecule has 0 fully saturated rings. The highest BCUT2D eigenvalue weighted by molar-refractivity contribution is 5.82. The summed E-state index contributed by atoms with van der Waals surface area (Å²) in [5.41, 5.74) is 5.08. The van der Waals surface area contributed by atoms with E-state index in [9.17, 15) is 9.18 Å². The predicted octanol–water partition coefficient (Wildman–Crippen LogP) is 1.95. The Morgan fingerprint density at radius 1 is 1.33 bits per heavy atom. The van der Waals surface area contributed by atoms with E-state index in [1.165, 1.54) is 10.6 Å².